The molecule has 5 rings (SSSR count). The summed E-state index contributed by atoms with van der Waals surface area (Å²) in [7, 11) is 2.10. The van der Waals surface area contributed by atoms with Gasteiger partial charge >= 0.3 is 0 Å². The van der Waals surface area contributed by atoms with Crippen LogP contribution in [0.2, 0.25) is 5.02 Å². The number of halogens is 1. The fraction of sp³-hybridized carbons (Fsp3) is 0.400. The van der Waals surface area contributed by atoms with Gasteiger partial charge in [0.05, 0.1) is 51.4 Å². The molecule has 3 aromatic heterocycles. The molecule has 0 amide bonds. The van der Waals surface area contributed by atoms with Crippen LogP contribution < -0.4 is 10.1 Å². The van der Waals surface area contributed by atoms with E-state index in [4.69, 9.17) is 26.3 Å². The van der Waals surface area contributed by atoms with Crippen molar-refractivity contribution in [1.29, 1.82) is 0 Å². The first-order valence-corrected chi connectivity index (χ1v) is 15.8. The van der Waals surface area contributed by atoms with E-state index in [2.05, 4.69) is 41.2 Å². The summed E-state index contributed by atoms with van der Waals surface area (Å²) in [4.78, 5) is 21.1. The van der Waals surface area contributed by atoms with Crippen molar-refractivity contribution in [2.45, 2.75) is 61.8 Å². The monoisotopic (exact) mass is 594 g/mol. The number of ether oxygens (including phenoxy) is 1. The van der Waals surface area contributed by atoms with Crippen LogP contribution in [0.4, 0.5) is 5.95 Å². The average molecular weight is 595 g/mol. The smallest absolute Gasteiger partial charge is 0.223 e. The Morgan fingerprint density at radius 3 is 2.49 bits per heavy atom. The van der Waals surface area contributed by atoms with E-state index in [0.29, 0.717) is 46.4 Å². The molecule has 3 heterocycles. The minimum absolute atomic E-state index is 0.0744. The first kappa shape index (κ1) is 29.2. The number of anilines is 1. The maximum Gasteiger partial charge on any atom is 0.223 e. The van der Waals surface area contributed by atoms with Crippen molar-refractivity contribution < 1.29 is 13.2 Å². The lowest BCUT2D eigenvalue weighted by atomic mass is 9.91. The van der Waals surface area contributed by atoms with Crippen molar-refractivity contribution in [1.82, 2.24) is 24.8 Å². The highest BCUT2D eigenvalue weighted by Crippen LogP contribution is 2.32. The standard InChI is InChI=1S/C30H35ClN6O3S/c1-5-19-16-25(35-26-17-32-30(36-28(19)26)34-20-10-13-22(14-11-20)37(2)3)23-15-12-21(33-29(23)40-4)18-41(38,39)27-9-7-6-8-24(27)31/h6-9,12,15-17,20,22H,5,10-11,13-14,18H2,1-4H3,(H,32,34,36). The van der Waals surface area contributed by atoms with Gasteiger partial charge in [-0.25, -0.2) is 28.4 Å². The predicted molar refractivity (Wildman–Crippen MR) is 162 cm³/mol. The first-order chi connectivity index (χ1) is 19.7. The molecule has 0 unspecified atom stereocenters. The molecule has 1 aromatic carbocycles. The van der Waals surface area contributed by atoms with Gasteiger partial charge in [-0.15, -0.1) is 0 Å². The molecule has 1 aliphatic carbocycles. The van der Waals surface area contributed by atoms with E-state index in [1.165, 1.54) is 13.2 Å². The van der Waals surface area contributed by atoms with Gasteiger partial charge in [-0.3, -0.25) is 0 Å². The predicted octanol–water partition coefficient (Wildman–Crippen LogP) is 5.57. The number of hydrogen-bond donors (Lipinski definition) is 1. The molecule has 0 saturated heterocycles. The first-order valence-electron chi connectivity index (χ1n) is 13.8. The lowest BCUT2D eigenvalue weighted by Crippen LogP contribution is -2.36. The SMILES string of the molecule is CCc1cc(-c2ccc(CS(=O)(=O)c3ccccc3Cl)nc2OC)nc2cnc(NC3CCC(N(C)C)CC3)nc12. The quantitative estimate of drug-likeness (QED) is 0.266. The molecule has 9 nitrogen and oxygen atoms in total. The van der Waals surface area contributed by atoms with Crippen molar-refractivity contribution in [2.75, 3.05) is 26.5 Å². The average Bonchev–Trinajstić information content (AvgIpc) is 2.96. The van der Waals surface area contributed by atoms with E-state index in [9.17, 15) is 8.42 Å². The summed E-state index contributed by atoms with van der Waals surface area (Å²) in [5, 5.41) is 3.71. The second-order valence-electron chi connectivity index (χ2n) is 10.6. The summed E-state index contributed by atoms with van der Waals surface area (Å²) in [6.07, 6.45) is 6.99. The van der Waals surface area contributed by atoms with E-state index < -0.39 is 9.84 Å². The molecule has 0 atom stereocenters. The maximum atomic E-state index is 13.0. The van der Waals surface area contributed by atoms with Crippen LogP contribution in [-0.2, 0) is 22.0 Å². The summed E-state index contributed by atoms with van der Waals surface area (Å²) >= 11 is 6.14. The zero-order valence-corrected chi connectivity index (χ0v) is 25.3. The third-order valence-electron chi connectivity index (χ3n) is 7.66. The second kappa shape index (κ2) is 12.3. The molecule has 11 heteroatoms. The molecule has 0 aliphatic heterocycles. The third-order valence-corrected chi connectivity index (χ3v) is 9.81. The molecule has 0 radical (unpaired) electrons. The molecule has 0 spiro atoms. The van der Waals surface area contributed by atoms with Crippen LogP contribution in [0, 0.1) is 0 Å². The Bertz CT molecular complexity index is 1660. The van der Waals surface area contributed by atoms with Crippen molar-refractivity contribution >= 4 is 38.4 Å². The van der Waals surface area contributed by atoms with Gasteiger partial charge in [-0.2, -0.15) is 0 Å². The number of sulfone groups is 1. The number of aromatic nitrogens is 4. The van der Waals surface area contributed by atoms with Crippen LogP contribution in [0.5, 0.6) is 5.88 Å². The van der Waals surface area contributed by atoms with Crippen LogP contribution in [0.3, 0.4) is 0 Å². The Kier molecular flexibility index (Phi) is 8.72. The van der Waals surface area contributed by atoms with E-state index in [1.54, 1.807) is 36.5 Å². The highest BCUT2D eigenvalue weighted by molar-refractivity contribution is 7.90. The van der Waals surface area contributed by atoms with Gasteiger partial charge in [0.15, 0.2) is 9.84 Å². The van der Waals surface area contributed by atoms with E-state index >= 15 is 0 Å². The zero-order chi connectivity index (χ0) is 29.1. The molecule has 41 heavy (non-hydrogen) atoms. The van der Waals surface area contributed by atoms with E-state index in [1.807, 2.05) is 6.07 Å². The Hall–Kier alpha value is -3.34. The minimum atomic E-state index is -3.70. The number of nitrogens with zero attached hydrogens (tertiary/aromatic N) is 5. The second-order valence-corrected chi connectivity index (χ2v) is 13.0. The fourth-order valence-corrected chi connectivity index (χ4v) is 7.21. The molecule has 1 aliphatic rings. The van der Waals surface area contributed by atoms with Crippen LogP contribution in [-0.4, -0.2) is 66.5 Å². The minimum Gasteiger partial charge on any atom is -0.480 e. The molecular weight excluding hydrogens is 560 g/mol. The van der Waals surface area contributed by atoms with Crippen molar-refractivity contribution in [2.24, 2.45) is 0 Å². The van der Waals surface area contributed by atoms with Gasteiger partial charge in [0.2, 0.25) is 11.8 Å². The molecule has 1 N–H and O–H groups in total. The van der Waals surface area contributed by atoms with Crippen LogP contribution in [0.25, 0.3) is 22.3 Å². The number of hydrogen-bond acceptors (Lipinski definition) is 9. The lowest BCUT2D eigenvalue weighted by Gasteiger charge is -2.32. The Balaban J connectivity index is 1.40. The number of pyridine rings is 2. The summed E-state index contributed by atoms with van der Waals surface area (Å²) in [6, 6.07) is 12.8. The molecule has 1 fully saturated rings. The van der Waals surface area contributed by atoms with Crippen molar-refractivity contribution in [3.8, 4) is 17.1 Å². The Morgan fingerprint density at radius 2 is 1.80 bits per heavy atom. The Morgan fingerprint density at radius 1 is 1.05 bits per heavy atom. The van der Waals surface area contributed by atoms with Gasteiger partial charge in [-0.1, -0.05) is 30.7 Å². The molecule has 216 valence electrons. The molecule has 0 bridgehead atoms. The van der Waals surface area contributed by atoms with Crippen LogP contribution >= 0.6 is 11.6 Å². The number of aryl methyl sites for hydroxylation is 1. The highest BCUT2D eigenvalue weighted by Gasteiger charge is 2.24. The number of benzene rings is 1. The lowest BCUT2D eigenvalue weighted by molar-refractivity contribution is 0.221. The van der Waals surface area contributed by atoms with Crippen molar-refractivity contribution in [3.63, 3.8) is 0 Å². The topological polar surface area (TPSA) is 110 Å². The van der Waals surface area contributed by atoms with Crippen LogP contribution in [0.15, 0.2) is 53.6 Å². The van der Waals surface area contributed by atoms with Gasteiger partial charge in [-0.05, 0) is 82.1 Å². The largest absolute Gasteiger partial charge is 0.480 e. The van der Waals surface area contributed by atoms with Crippen molar-refractivity contribution in [3.05, 3.63) is 64.9 Å². The maximum absolute atomic E-state index is 13.0. The number of nitrogens with one attached hydrogen (secondary N) is 1. The van der Waals surface area contributed by atoms with Gasteiger partial charge in [0.1, 0.15) is 5.52 Å². The molecular formula is C30H35ClN6O3S. The molecule has 4 aromatic rings. The summed E-state index contributed by atoms with van der Waals surface area (Å²) in [5.41, 5.74) is 4.17. The van der Waals surface area contributed by atoms with Gasteiger partial charge < -0.3 is 15.0 Å². The number of methoxy groups -OCH3 is 1. The van der Waals surface area contributed by atoms with E-state index in [-0.39, 0.29) is 15.7 Å². The van der Waals surface area contributed by atoms with Gasteiger partial charge in [0.25, 0.3) is 0 Å². The zero-order valence-electron chi connectivity index (χ0n) is 23.8. The normalized spacial score (nSPS) is 17.6. The summed E-state index contributed by atoms with van der Waals surface area (Å²) in [6.45, 7) is 2.08. The fourth-order valence-electron chi connectivity index (χ4n) is 5.36. The number of rotatable bonds is 9. The summed E-state index contributed by atoms with van der Waals surface area (Å²) in [5.74, 6) is 0.607. The third kappa shape index (κ3) is 6.45. The highest BCUT2D eigenvalue weighted by atomic mass is 35.5. The van der Waals surface area contributed by atoms with Gasteiger partial charge in [0, 0.05) is 12.1 Å². The number of fused-ring (bicyclic) bond motifs is 1. The van der Waals surface area contributed by atoms with E-state index in [0.717, 1.165) is 43.2 Å². The Labute approximate surface area is 246 Å². The summed E-state index contributed by atoms with van der Waals surface area (Å²) < 4.78 is 31.6. The molecule has 1 saturated carbocycles. The van der Waals surface area contributed by atoms with Crippen LogP contribution in [0.1, 0.15) is 43.9 Å².